The first-order valence-electron chi connectivity index (χ1n) is 8.39. The van der Waals surface area contributed by atoms with Crippen LogP contribution in [-0.2, 0) is 21.8 Å². The first kappa shape index (κ1) is 18.7. The van der Waals surface area contributed by atoms with Crippen LogP contribution in [0.1, 0.15) is 22.7 Å². The van der Waals surface area contributed by atoms with E-state index in [0.717, 1.165) is 33.5 Å². The molecule has 1 fully saturated rings. The van der Waals surface area contributed by atoms with Crippen molar-refractivity contribution >= 4 is 40.8 Å². The highest BCUT2D eigenvalue weighted by Gasteiger charge is 2.21. The number of benzene rings is 1. The minimum atomic E-state index is -0.285. The molecule has 1 aromatic carbocycles. The number of nitrogens with one attached hydrogen (secondary N) is 1. The van der Waals surface area contributed by atoms with E-state index in [9.17, 15) is 9.59 Å². The number of carbonyl (C=O) groups excluding carboxylic acids is 2. The lowest BCUT2D eigenvalue weighted by molar-refractivity contribution is -0.115. The van der Waals surface area contributed by atoms with Gasteiger partial charge in [-0.25, -0.2) is 9.78 Å². The van der Waals surface area contributed by atoms with E-state index in [-0.39, 0.29) is 12.0 Å². The lowest BCUT2D eigenvalue weighted by Crippen LogP contribution is -2.23. The number of aromatic nitrogens is 1. The Morgan fingerprint density at radius 3 is 3.08 bits per heavy atom. The molecule has 0 unspecified atom stereocenters. The first-order chi connectivity index (χ1) is 12.6. The van der Waals surface area contributed by atoms with E-state index >= 15 is 0 Å². The highest BCUT2D eigenvalue weighted by Crippen LogP contribution is 2.17. The van der Waals surface area contributed by atoms with Gasteiger partial charge in [0, 0.05) is 35.5 Å². The summed E-state index contributed by atoms with van der Waals surface area (Å²) in [4.78, 5) is 29.7. The van der Waals surface area contributed by atoms with Gasteiger partial charge in [0.25, 0.3) is 0 Å². The second-order valence-corrected chi connectivity index (χ2v) is 8.11. The number of rotatable bonds is 8. The molecule has 0 atom stereocenters. The van der Waals surface area contributed by atoms with Crippen molar-refractivity contribution in [3.8, 4) is 0 Å². The third kappa shape index (κ3) is 5.47. The Morgan fingerprint density at radius 2 is 2.35 bits per heavy atom. The van der Waals surface area contributed by atoms with Crippen LogP contribution in [0.25, 0.3) is 0 Å². The van der Waals surface area contributed by atoms with Crippen molar-refractivity contribution in [2.45, 2.75) is 25.6 Å². The van der Waals surface area contributed by atoms with Gasteiger partial charge in [0.1, 0.15) is 6.61 Å². The zero-order valence-corrected chi connectivity index (χ0v) is 16.2. The van der Waals surface area contributed by atoms with E-state index in [1.165, 1.54) is 0 Å². The van der Waals surface area contributed by atoms with Gasteiger partial charge < -0.3 is 15.0 Å². The molecule has 2 aromatic rings. The van der Waals surface area contributed by atoms with Gasteiger partial charge in [-0.3, -0.25) is 4.79 Å². The minimum absolute atomic E-state index is 0.00955. The fraction of sp³-hybridized carbons (Fsp3) is 0.389. The van der Waals surface area contributed by atoms with Gasteiger partial charge in [0.05, 0.1) is 17.2 Å². The summed E-state index contributed by atoms with van der Waals surface area (Å²) in [5.41, 5.74) is 2.79. The molecule has 0 saturated carbocycles. The van der Waals surface area contributed by atoms with Crippen LogP contribution in [0.3, 0.4) is 0 Å². The molecule has 26 heavy (non-hydrogen) atoms. The van der Waals surface area contributed by atoms with Crippen LogP contribution in [0.4, 0.5) is 10.5 Å². The summed E-state index contributed by atoms with van der Waals surface area (Å²) in [6.45, 7) is 3.52. The summed E-state index contributed by atoms with van der Waals surface area (Å²) in [6.07, 6.45) is 0.169. The topological polar surface area (TPSA) is 71.5 Å². The van der Waals surface area contributed by atoms with Gasteiger partial charge in [0.2, 0.25) is 5.91 Å². The maximum absolute atomic E-state index is 12.1. The third-order valence-corrected chi connectivity index (χ3v) is 5.63. The Balaban J connectivity index is 1.42. The molecule has 2 heterocycles. The number of amides is 2. The minimum Gasteiger partial charge on any atom is -0.448 e. The van der Waals surface area contributed by atoms with Crippen LogP contribution >= 0.6 is 23.1 Å². The predicted molar refractivity (Wildman–Crippen MR) is 104 cm³/mol. The molecule has 1 saturated heterocycles. The summed E-state index contributed by atoms with van der Waals surface area (Å²) < 4.78 is 4.93. The number of cyclic esters (lactones) is 1. The molecule has 0 aliphatic carbocycles. The second-order valence-electron chi connectivity index (χ2n) is 5.94. The number of carbonyl (C=O) groups is 2. The number of thiazole rings is 1. The molecule has 0 bridgehead atoms. The number of thioether (sulfide) groups is 1. The maximum Gasteiger partial charge on any atom is 0.410 e. The van der Waals surface area contributed by atoms with E-state index in [1.807, 2.05) is 31.2 Å². The van der Waals surface area contributed by atoms with Crippen LogP contribution in [0.5, 0.6) is 0 Å². The molecule has 8 heteroatoms. The molecule has 1 aliphatic rings. The van der Waals surface area contributed by atoms with Crippen molar-refractivity contribution in [2.24, 2.45) is 0 Å². The second kappa shape index (κ2) is 9.05. The van der Waals surface area contributed by atoms with E-state index in [0.29, 0.717) is 26.1 Å². The number of ether oxygens (including phenoxy) is 1. The third-order valence-electron chi connectivity index (χ3n) is 3.82. The molecule has 3 rings (SSSR count). The lowest BCUT2D eigenvalue weighted by atomic mass is 10.2. The fourth-order valence-electron chi connectivity index (χ4n) is 2.58. The largest absolute Gasteiger partial charge is 0.448 e. The average Bonchev–Trinajstić information content (AvgIpc) is 3.21. The van der Waals surface area contributed by atoms with Crippen LogP contribution in [-0.4, -0.2) is 40.8 Å². The highest BCUT2D eigenvalue weighted by atomic mass is 32.2. The Labute approximate surface area is 160 Å². The van der Waals surface area contributed by atoms with Gasteiger partial charge in [-0.2, -0.15) is 11.8 Å². The number of aryl methyl sites for hydroxylation is 1. The predicted octanol–water partition coefficient (Wildman–Crippen LogP) is 3.67. The van der Waals surface area contributed by atoms with Gasteiger partial charge in [-0.05, 0) is 24.6 Å². The van der Waals surface area contributed by atoms with Crippen molar-refractivity contribution in [3.05, 3.63) is 45.9 Å². The number of nitrogens with zero attached hydrogens (tertiary/aromatic N) is 2. The Morgan fingerprint density at radius 1 is 1.46 bits per heavy atom. The normalized spacial score (nSPS) is 13.7. The number of anilines is 1. The van der Waals surface area contributed by atoms with Crippen LogP contribution in [0, 0.1) is 6.92 Å². The maximum atomic E-state index is 12.1. The van der Waals surface area contributed by atoms with Gasteiger partial charge in [-0.1, -0.05) is 12.1 Å². The van der Waals surface area contributed by atoms with Crippen molar-refractivity contribution in [1.29, 1.82) is 0 Å². The Kier molecular flexibility index (Phi) is 6.51. The molecular weight excluding hydrogens is 370 g/mol. The summed E-state index contributed by atoms with van der Waals surface area (Å²) in [5, 5.41) is 6.05. The van der Waals surface area contributed by atoms with E-state index in [4.69, 9.17) is 4.74 Å². The van der Waals surface area contributed by atoms with E-state index in [2.05, 4.69) is 15.7 Å². The standard InChI is InChI=1S/C18H21N3O3S2/c1-13-19-16(12-26-13)11-25-8-5-17(22)20-15-4-2-3-14(9-15)10-21-6-7-24-18(21)23/h2-4,9,12H,5-8,10-11H2,1H3,(H,20,22). The summed E-state index contributed by atoms with van der Waals surface area (Å²) in [5.74, 6) is 1.57. The zero-order chi connectivity index (χ0) is 18.4. The van der Waals surface area contributed by atoms with Crippen molar-refractivity contribution < 1.29 is 14.3 Å². The van der Waals surface area contributed by atoms with Gasteiger partial charge in [0.15, 0.2) is 0 Å². The molecule has 1 N–H and O–H groups in total. The van der Waals surface area contributed by atoms with Crippen molar-refractivity contribution in [2.75, 3.05) is 24.2 Å². The summed E-state index contributed by atoms with van der Waals surface area (Å²) >= 11 is 3.36. The molecule has 138 valence electrons. The summed E-state index contributed by atoms with van der Waals surface area (Å²) in [7, 11) is 0. The average molecular weight is 392 g/mol. The molecule has 0 spiro atoms. The molecule has 1 aromatic heterocycles. The fourth-order valence-corrected chi connectivity index (χ4v) is 4.13. The van der Waals surface area contributed by atoms with Crippen LogP contribution in [0.15, 0.2) is 29.6 Å². The first-order valence-corrected chi connectivity index (χ1v) is 10.4. The number of hydrogen-bond acceptors (Lipinski definition) is 6. The Bertz CT molecular complexity index is 779. The lowest BCUT2D eigenvalue weighted by Gasteiger charge is -2.13. The summed E-state index contributed by atoms with van der Waals surface area (Å²) in [6, 6.07) is 7.57. The molecule has 0 radical (unpaired) electrons. The quantitative estimate of drug-likeness (QED) is 0.695. The van der Waals surface area contributed by atoms with Gasteiger partial charge >= 0.3 is 6.09 Å². The molecular formula is C18H21N3O3S2. The Hall–Kier alpha value is -2.06. The smallest absolute Gasteiger partial charge is 0.410 e. The zero-order valence-electron chi connectivity index (χ0n) is 14.6. The van der Waals surface area contributed by atoms with Crippen molar-refractivity contribution in [3.63, 3.8) is 0 Å². The van der Waals surface area contributed by atoms with Gasteiger partial charge in [-0.15, -0.1) is 11.3 Å². The van der Waals surface area contributed by atoms with E-state index < -0.39 is 0 Å². The molecule has 1 aliphatic heterocycles. The van der Waals surface area contributed by atoms with Crippen LogP contribution < -0.4 is 5.32 Å². The van der Waals surface area contributed by atoms with Crippen LogP contribution in [0.2, 0.25) is 0 Å². The van der Waals surface area contributed by atoms with Crippen molar-refractivity contribution in [1.82, 2.24) is 9.88 Å². The monoisotopic (exact) mass is 391 g/mol. The molecule has 2 amide bonds. The number of hydrogen-bond donors (Lipinski definition) is 1. The molecule has 6 nitrogen and oxygen atoms in total. The SMILES string of the molecule is Cc1nc(CSCCC(=O)Nc2cccc(CN3CCOC3=O)c2)cs1. The van der Waals surface area contributed by atoms with E-state index in [1.54, 1.807) is 28.0 Å². The highest BCUT2D eigenvalue weighted by molar-refractivity contribution is 7.98.